The van der Waals surface area contributed by atoms with E-state index in [9.17, 15) is 6.48 Å². The van der Waals surface area contributed by atoms with Gasteiger partial charge in [-0.2, -0.15) is 0 Å². The number of hydrogen-bond donors (Lipinski definition) is 1. The van der Waals surface area contributed by atoms with E-state index in [2.05, 4.69) is 183 Å². The van der Waals surface area contributed by atoms with Gasteiger partial charge in [0.1, 0.15) is 11.6 Å². The number of rotatable bonds is 10. The van der Waals surface area contributed by atoms with Gasteiger partial charge in [-0.15, -0.1) is 0 Å². The lowest BCUT2D eigenvalue weighted by molar-refractivity contribution is 0.466. The highest BCUT2D eigenvalue weighted by molar-refractivity contribution is 5.97. The molecular weight excluding hydrogens is 803 g/mol. The number of benzene rings is 6. The van der Waals surface area contributed by atoms with Gasteiger partial charge >= 0.3 is 0 Å². The molecule has 0 aliphatic heterocycles. The fraction of sp³-hybridized carbons (Fsp3) is 0.323. The maximum absolute atomic E-state index is 12.3. The zero-order chi connectivity index (χ0) is 49.2. The van der Waals surface area contributed by atoms with Crippen molar-refractivity contribution < 1.29 is 7.85 Å². The number of imidazole rings is 1. The molecule has 0 saturated carbocycles. The zero-order valence-electron chi connectivity index (χ0n) is 43.6. The number of fused-ring (bicyclic) bond motifs is 1. The molecule has 2 aromatic heterocycles. The number of phenolic OH excluding ortho intramolecular Hbond substituents is 1. The van der Waals surface area contributed by atoms with Gasteiger partial charge in [-0.1, -0.05) is 176 Å². The summed E-state index contributed by atoms with van der Waals surface area (Å²) in [6.45, 7) is 29.9. The molecule has 66 heavy (non-hydrogen) atoms. The first-order chi connectivity index (χ1) is 31.8. The summed E-state index contributed by atoms with van der Waals surface area (Å²) < 4.78 is 20.3. The minimum atomic E-state index is -0.944. The van der Waals surface area contributed by atoms with Gasteiger partial charge in [0.25, 0.3) is 0 Å². The average molecular weight is 874 g/mol. The molecule has 6 aromatic carbocycles. The van der Waals surface area contributed by atoms with E-state index in [-0.39, 0.29) is 28.4 Å². The molecule has 8 rings (SSSR count). The molecule has 338 valence electrons. The number of phenols is 1. The Balaban J connectivity index is 1.40. The van der Waals surface area contributed by atoms with Crippen LogP contribution in [0, 0.1) is 0 Å². The first kappa shape index (κ1) is 43.6. The molecule has 0 amide bonds. The molecule has 0 fully saturated rings. The summed E-state index contributed by atoms with van der Waals surface area (Å²) in [7, 11) is 0. The molecule has 4 nitrogen and oxygen atoms in total. The van der Waals surface area contributed by atoms with Gasteiger partial charge in [0.2, 0.25) is 0 Å². The molecule has 0 saturated heterocycles. The monoisotopic (exact) mass is 874 g/mol. The minimum Gasteiger partial charge on any atom is -0.507 e. The summed E-state index contributed by atoms with van der Waals surface area (Å²) in [4.78, 5) is 10.6. The highest BCUT2D eigenvalue weighted by Crippen LogP contribution is 2.45. The highest BCUT2D eigenvalue weighted by atomic mass is 16.3. The fourth-order valence-electron chi connectivity index (χ4n) is 9.22. The molecule has 1 N–H and O–H groups in total. The van der Waals surface area contributed by atoms with Crippen LogP contribution in [-0.2, 0) is 10.8 Å². The van der Waals surface area contributed by atoms with Crippen molar-refractivity contribution in [3.63, 3.8) is 0 Å². The van der Waals surface area contributed by atoms with Crippen molar-refractivity contribution in [1.82, 2.24) is 14.5 Å². The summed E-state index contributed by atoms with van der Waals surface area (Å²) in [6.07, 6.45) is 1.88. The van der Waals surface area contributed by atoms with Gasteiger partial charge in [0.15, 0.2) is 0 Å². The van der Waals surface area contributed by atoms with Gasteiger partial charge < -0.3 is 5.11 Å². The Morgan fingerprint density at radius 3 is 1.88 bits per heavy atom. The third kappa shape index (κ3) is 9.00. The van der Waals surface area contributed by atoms with E-state index in [1.807, 2.05) is 52.1 Å². The van der Waals surface area contributed by atoms with Crippen molar-refractivity contribution in [2.24, 2.45) is 0 Å². The molecule has 0 spiro atoms. The van der Waals surface area contributed by atoms with Crippen molar-refractivity contribution in [3.05, 3.63) is 167 Å². The quantitative estimate of drug-likeness (QED) is 0.149. The van der Waals surface area contributed by atoms with Crippen molar-refractivity contribution >= 4 is 11.0 Å². The maximum Gasteiger partial charge on any atom is 0.149 e. The highest BCUT2D eigenvalue weighted by Gasteiger charge is 2.26. The Hall–Kier alpha value is -6.26. The van der Waals surface area contributed by atoms with Crippen LogP contribution >= 0.6 is 0 Å². The summed E-state index contributed by atoms with van der Waals surface area (Å²) in [6, 6.07) is 45.0. The average Bonchev–Trinajstić information content (AvgIpc) is 3.67. The smallest absolute Gasteiger partial charge is 0.149 e. The van der Waals surface area contributed by atoms with Crippen LogP contribution in [-0.4, -0.2) is 19.6 Å². The van der Waals surface area contributed by atoms with Gasteiger partial charge in [0.05, 0.1) is 22.3 Å². The second-order valence-electron chi connectivity index (χ2n) is 21.3. The largest absolute Gasteiger partial charge is 0.507 e. The molecule has 0 unspecified atom stereocenters. The van der Waals surface area contributed by atoms with E-state index in [1.54, 1.807) is 0 Å². The van der Waals surface area contributed by atoms with Crippen LogP contribution < -0.4 is 0 Å². The normalized spacial score (nSPS) is 13.2. The van der Waals surface area contributed by atoms with Crippen LogP contribution in [0.25, 0.3) is 72.7 Å². The molecule has 0 aliphatic rings. The molecule has 0 radical (unpaired) electrons. The van der Waals surface area contributed by atoms with E-state index in [1.165, 1.54) is 11.1 Å². The molecule has 4 heteroatoms. The topological polar surface area (TPSA) is 50.9 Å². The Labute approximate surface area is 397 Å². The Morgan fingerprint density at radius 2 is 1.23 bits per heavy atom. The molecule has 0 aliphatic carbocycles. The molecule has 0 atom stereocenters. The first-order valence-corrected chi connectivity index (χ1v) is 23.7. The van der Waals surface area contributed by atoms with E-state index < -0.39 is 11.8 Å². The lowest BCUT2D eigenvalue weighted by atomic mass is 9.80. The van der Waals surface area contributed by atoms with Crippen molar-refractivity contribution in [2.75, 3.05) is 0 Å². The van der Waals surface area contributed by atoms with E-state index in [0.29, 0.717) is 11.4 Å². The third-order valence-electron chi connectivity index (χ3n) is 13.2. The van der Waals surface area contributed by atoms with Gasteiger partial charge in [-0.3, -0.25) is 9.55 Å². The van der Waals surface area contributed by atoms with Crippen LogP contribution in [0.2, 0.25) is 0 Å². The molecule has 2 heterocycles. The van der Waals surface area contributed by atoms with E-state index in [0.717, 1.165) is 83.6 Å². The Morgan fingerprint density at radius 1 is 0.530 bits per heavy atom. The third-order valence-corrected chi connectivity index (χ3v) is 13.2. The van der Waals surface area contributed by atoms with Crippen LogP contribution in [0.3, 0.4) is 0 Å². The predicted molar refractivity (Wildman–Crippen MR) is 281 cm³/mol. The van der Waals surface area contributed by atoms with Crippen molar-refractivity contribution in [1.29, 1.82) is 0 Å². The van der Waals surface area contributed by atoms with Crippen LogP contribution in [0.4, 0.5) is 0 Å². The Kier molecular flexibility index (Phi) is 11.8. The zero-order valence-corrected chi connectivity index (χ0v) is 41.6. The number of pyridine rings is 1. The lowest BCUT2D eigenvalue weighted by Crippen LogP contribution is -2.13. The van der Waals surface area contributed by atoms with E-state index >= 15 is 0 Å². The molecule has 8 aromatic rings. The van der Waals surface area contributed by atoms with Crippen molar-refractivity contribution in [2.45, 2.75) is 131 Å². The fourth-order valence-corrected chi connectivity index (χ4v) is 9.22. The summed E-state index contributed by atoms with van der Waals surface area (Å²) in [5.41, 5.74) is 17.5. The molecule has 0 bridgehead atoms. The number of aromatic nitrogens is 3. The van der Waals surface area contributed by atoms with Gasteiger partial charge in [-0.05, 0) is 144 Å². The van der Waals surface area contributed by atoms with Gasteiger partial charge in [0, 0.05) is 25.8 Å². The lowest BCUT2D eigenvalue weighted by Gasteiger charge is -2.25. The Bertz CT molecular complexity index is 3160. The number of para-hydroxylation sites is 1. The minimum absolute atomic E-state index is 0.0825. The summed E-state index contributed by atoms with van der Waals surface area (Å²) >= 11 is 0. The van der Waals surface area contributed by atoms with E-state index in [4.69, 9.17) is 11.3 Å². The second-order valence-corrected chi connectivity index (χ2v) is 21.3. The maximum atomic E-state index is 12.3. The first-order valence-electron chi connectivity index (χ1n) is 24.7. The predicted octanol–water partition coefficient (Wildman–Crippen LogP) is 17.5. The van der Waals surface area contributed by atoms with Gasteiger partial charge in [-0.25, -0.2) is 4.98 Å². The number of aromatic hydroxyl groups is 1. The van der Waals surface area contributed by atoms with Crippen LogP contribution in [0.15, 0.2) is 134 Å². The molecular formula is C62H69N3O. The van der Waals surface area contributed by atoms with Crippen LogP contribution in [0.5, 0.6) is 5.75 Å². The SMILES string of the molecule is [2H]C(C)(C)c1ccc(-c2ccnc(-c3cc(-c4cccc5c4nc(-c4cc(C(C)C)cc(C(C)C)c4O)n5-c4ccc(-c5ccccc5C(C)(C)C)c(C([2H])(C)C)c4)cc(C(C)(C)C)c3)c2)cc1. The number of hydrogen-bond acceptors (Lipinski definition) is 3. The van der Waals surface area contributed by atoms with Crippen molar-refractivity contribution in [3.8, 4) is 67.5 Å². The summed E-state index contributed by atoms with van der Waals surface area (Å²) in [5.74, 6) is -0.434. The standard InChI is InChI=1S/C62H69N3O/c1-37(2)41-22-24-42(25-23-41)43-28-29-63-56(35-43)46-30-45(31-47(32-46)61(9,10)11)49-19-17-21-57-58(49)64-60(54-34-44(38(3)4)33-53(40(7)8)59(54)66)65(57)48-26-27-50(52(36-48)39(5)6)51-18-15-16-20-55(51)62(12,13)14/h15-40,66H,1-14H3/i37D,39D. The summed E-state index contributed by atoms with van der Waals surface area (Å²) in [5, 5.41) is 12.3. The number of nitrogens with zero attached hydrogens (tertiary/aromatic N) is 3. The van der Waals surface area contributed by atoms with Crippen LogP contribution in [0.1, 0.15) is 157 Å². The second kappa shape index (κ2) is 17.9.